The molecular weight excluding hydrogens is 300 g/mol. The normalized spacial score (nSPS) is 10.8. The van der Waals surface area contributed by atoms with Crippen LogP contribution in [0.1, 0.15) is 47.4 Å². The van der Waals surface area contributed by atoms with Crippen LogP contribution in [0.15, 0.2) is 23.6 Å². The highest BCUT2D eigenvalue weighted by Crippen LogP contribution is 2.23. The molecule has 0 aliphatic carbocycles. The van der Waals surface area contributed by atoms with E-state index in [4.69, 9.17) is 4.74 Å². The van der Waals surface area contributed by atoms with Crippen LogP contribution in [0.4, 0.5) is 0 Å². The summed E-state index contributed by atoms with van der Waals surface area (Å²) >= 11 is 3.34. The van der Waals surface area contributed by atoms with Crippen molar-refractivity contribution in [2.75, 3.05) is 0 Å². The zero-order valence-corrected chi connectivity index (χ0v) is 14.3. The summed E-state index contributed by atoms with van der Waals surface area (Å²) in [4.78, 5) is 14.5. The Morgan fingerprint density at radius 2 is 2.00 bits per heavy atom. The highest BCUT2D eigenvalue weighted by atomic mass is 32.1. The molecule has 0 N–H and O–H groups in total. The van der Waals surface area contributed by atoms with Crippen LogP contribution in [0.2, 0.25) is 0 Å². The summed E-state index contributed by atoms with van der Waals surface area (Å²) in [5.74, 6) is -0.109. The second-order valence-electron chi connectivity index (χ2n) is 5.26. The van der Waals surface area contributed by atoms with E-state index >= 15 is 0 Å². The monoisotopic (exact) mass is 322 g/mol. The van der Waals surface area contributed by atoms with E-state index in [1.165, 1.54) is 39.5 Å². The van der Waals surface area contributed by atoms with Gasteiger partial charge in [-0.15, -0.1) is 22.7 Å². The smallest absolute Gasteiger partial charge is 0.311 e. The fourth-order valence-corrected chi connectivity index (χ4v) is 3.92. The molecule has 2 nitrogen and oxygen atoms in total. The molecule has 0 aliphatic heterocycles. The van der Waals surface area contributed by atoms with Gasteiger partial charge >= 0.3 is 5.97 Å². The van der Waals surface area contributed by atoms with Gasteiger partial charge in [0.15, 0.2) is 5.06 Å². The van der Waals surface area contributed by atoms with Gasteiger partial charge < -0.3 is 4.74 Å². The second-order valence-corrected chi connectivity index (χ2v) is 7.63. The molecular formula is C17H22O2S2. The third kappa shape index (κ3) is 5.64. The fraction of sp³-hybridized carbons (Fsp3) is 0.471. The highest BCUT2D eigenvalue weighted by molar-refractivity contribution is 7.12. The lowest BCUT2D eigenvalue weighted by atomic mass is 10.1. The van der Waals surface area contributed by atoms with Crippen LogP contribution < -0.4 is 4.74 Å². The van der Waals surface area contributed by atoms with Crippen LogP contribution >= 0.6 is 22.7 Å². The SMILES string of the molecule is Cc1cc(CCCCCCC(=O)Oc2cccs2)c(C)s1. The molecule has 114 valence electrons. The van der Waals surface area contributed by atoms with Gasteiger partial charge in [0, 0.05) is 16.2 Å². The summed E-state index contributed by atoms with van der Waals surface area (Å²) in [5.41, 5.74) is 1.50. The molecule has 0 aliphatic rings. The minimum absolute atomic E-state index is 0.109. The molecule has 0 unspecified atom stereocenters. The molecule has 0 fully saturated rings. The van der Waals surface area contributed by atoms with E-state index in [2.05, 4.69) is 19.9 Å². The zero-order valence-electron chi connectivity index (χ0n) is 12.7. The summed E-state index contributed by atoms with van der Waals surface area (Å²) in [6.07, 6.45) is 6.09. The average molecular weight is 322 g/mol. The van der Waals surface area contributed by atoms with Gasteiger partial charge in [0.05, 0.1) is 0 Å². The Bertz CT molecular complexity index is 555. The molecule has 0 bridgehead atoms. The van der Waals surface area contributed by atoms with Crippen molar-refractivity contribution in [3.05, 3.63) is 38.9 Å². The van der Waals surface area contributed by atoms with Gasteiger partial charge in [0.25, 0.3) is 0 Å². The minimum atomic E-state index is -0.109. The van der Waals surface area contributed by atoms with E-state index in [1.807, 2.05) is 28.8 Å². The molecule has 0 saturated heterocycles. The van der Waals surface area contributed by atoms with E-state index in [-0.39, 0.29) is 5.97 Å². The summed E-state index contributed by atoms with van der Waals surface area (Å²) in [6, 6.07) is 6.02. The Labute approximate surface area is 134 Å². The van der Waals surface area contributed by atoms with Crippen molar-refractivity contribution in [2.45, 2.75) is 52.4 Å². The van der Waals surface area contributed by atoms with Gasteiger partial charge in [-0.05, 0) is 62.3 Å². The maximum Gasteiger partial charge on any atom is 0.311 e. The number of thiophene rings is 2. The number of carbonyl (C=O) groups is 1. The standard InChI is InChI=1S/C17H22O2S2/c1-13-12-15(14(2)21-13)8-5-3-4-6-9-16(18)19-17-10-7-11-20-17/h7,10-12H,3-6,8-9H2,1-2H3. The zero-order chi connectivity index (χ0) is 15.1. The number of unbranched alkanes of at least 4 members (excludes halogenated alkanes) is 3. The van der Waals surface area contributed by atoms with Crippen molar-refractivity contribution in [1.29, 1.82) is 0 Å². The third-order valence-electron chi connectivity index (χ3n) is 3.43. The largest absolute Gasteiger partial charge is 0.415 e. The maximum absolute atomic E-state index is 11.6. The Kier molecular flexibility index (Phi) is 6.46. The van der Waals surface area contributed by atoms with Crippen LogP contribution in [0.25, 0.3) is 0 Å². The minimum Gasteiger partial charge on any atom is -0.415 e. The van der Waals surface area contributed by atoms with Gasteiger partial charge in [-0.25, -0.2) is 0 Å². The summed E-state index contributed by atoms with van der Waals surface area (Å²) < 4.78 is 5.23. The van der Waals surface area contributed by atoms with Gasteiger partial charge in [-0.2, -0.15) is 0 Å². The third-order valence-corrected chi connectivity index (χ3v) is 5.18. The Morgan fingerprint density at radius 3 is 2.67 bits per heavy atom. The Hall–Kier alpha value is -1.13. The van der Waals surface area contributed by atoms with Crippen LogP contribution in [-0.2, 0) is 11.2 Å². The van der Waals surface area contributed by atoms with Crippen molar-refractivity contribution in [2.24, 2.45) is 0 Å². The highest BCUT2D eigenvalue weighted by Gasteiger charge is 2.06. The number of aryl methyl sites for hydroxylation is 3. The summed E-state index contributed by atoms with van der Waals surface area (Å²) in [6.45, 7) is 4.37. The maximum atomic E-state index is 11.6. The van der Waals surface area contributed by atoms with Gasteiger partial charge in [-0.3, -0.25) is 4.79 Å². The first-order chi connectivity index (χ1) is 10.1. The van der Waals surface area contributed by atoms with E-state index < -0.39 is 0 Å². The van der Waals surface area contributed by atoms with Crippen molar-refractivity contribution in [3.8, 4) is 5.06 Å². The molecule has 0 saturated carbocycles. The lowest BCUT2D eigenvalue weighted by molar-refractivity contribution is -0.134. The van der Waals surface area contributed by atoms with Crippen molar-refractivity contribution in [1.82, 2.24) is 0 Å². The number of hydrogen-bond donors (Lipinski definition) is 0. The quantitative estimate of drug-likeness (QED) is 0.472. The van der Waals surface area contributed by atoms with Crippen LogP contribution in [-0.4, -0.2) is 5.97 Å². The number of ether oxygens (including phenoxy) is 1. The van der Waals surface area contributed by atoms with Crippen LogP contribution in [0.5, 0.6) is 5.06 Å². The summed E-state index contributed by atoms with van der Waals surface area (Å²) in [5, 5.41) is 2.61. The first-order valence-electron chi connectivity index (χ1n) is 7.45. The first-order valence-corrected chi connectivity index (χ1v) is 9.15. The summed E-state index contributed by atoms with van der Waals surface area (Å²) in [7, 11) is 0. The van der Waals surface area contributed by atoms with E-state index in [0.717, 1.165) is 19.3 Å². The topological polar surface area (TPSA) is 26.3 Å². The number of esters is 1. The molecule has 0 radical (unpaired) electrons. The molecule has 0 amide bonds. The molecule has 0 aromatic carbocycles. The molecule has 2 aromatic rings. The van der Waals surface area contributed by atoms with Crippen molar-refractivity contribution < 1.29 is 9.53 Å². The molecule has 2 heterocycles. The molecule has 2 rings (SSSR count). The molecule has 21 heavy (non-hydrogen) atoms. The van der Waals surface area contributed by atoms with Crippen molar-refractivity contribution in [3.63, 3.8) is 0 Å². The number of carbonyl (C=O) groups excluding carboxylic acids is 1. The predicted molar refractivity (Wildman–Crippen MR) is 90.5 cm³/mol. The van der Waals surface area contributed by atoms with E-state index in [9.17, 15) is 4.79 Å². The van der Waals surface area contributed by atoms with E-state index in [1.54, 1.807) is 0 Å². The lowest BCUT2D eigenvalue weighted by Crippen LogP contribution is -2.06. The molecule has 4 heteroatoms. The van der Waals surface area contributed by atoms with Crippen LogP contribution in [0, 0.1) is 13.8 Å². The molecule has 0 atom stereocenters. The fourth-order valence-electron chi connectivity index (χ4n) is 2.35. The van der Waals surface area contributed by atoms with Gasteiger partial charge in [0.2, 0.25) is 0 Å². The number of rotatable bonds is 8. The van der Waals surface area contributed by atoms with E-state index in [0.29, 0.717) is 11.5 Å². The second kappa shape index (κ2) is 8.35. The predicted octanol–water partition coefficient (Wildman–Crippen LogP) is 5.53. The first kappa shape index (κ1) is 16.2. The van der Waals surface area contributed by atoms with Crippen molar-refractivity contribution >= 4 is 28.6 Å². The molecule has 0 spiro atoms. The Morgan fingerprint density at radius 1 is 1.19 bits per heavy atom. The molecule has 2 aromatic heterocycles. The van der Waals surface area contributed by atoms with Gasteiger partial charge in [0.1, 0.15) is 0 Å². The Balaban J connectivity index is 1.54. The van der Waals surface area contributed by atoms with Crippen LogP contribution in [0.3, 0.4) is 0 Å². The number of hydrogen-bond acceptors (Lipinski definition) is 4. The lowest BCUT2D eigenvalue weighted by Gasteiger charge is -2.02. The van der Waals surface area contributed by atoms with Gasteiger partial charge in [-0.1, -0.05) is 12.8 Å². The average Bonchev–Trinajstić information content (AvgIpc) is 3.04.